The molecule has 0 N–H and O–H groups in total. The lowest BCUT2D eigenvalue weighted by atomic mass is 9.69. The van der Waals surface area contributed by atoms with Gasteiger partial charge in [-0.2, -0.15) is 0 Å². The Hall–Kier alpha value is -3.37. The van der Waals surface area contributed by atoms with Crippen molar-refractivity contribution >= 4 is 33.4 Å². The molecule has 10 heteroatoms. The minimum atomic E-state index is -0.790. The van der Waals surface area contributed by atoms with Gasteiger partial charge in [0.2, 0.25) is 0 Å². The molecule has 1 unspecified atom stereocenters. The largest absolute Gasteiger partial charge is 0.493 e. The maximum Gasteiger partial charge on any atom is 0.315 e. The molecular formula is C30H34BrNO8. The number of nitrogens with zero attached hydrogens (tertiary/aromatic N) is 1. The zero-order valence-electron chi connectivity index (χ0n) is 23.5. The van der Waals surface area contributed by atoms with E-state index >= 15 is 0 Å². The van der Waals surface area contributed by atoms with Gasteiger partial charge in [-0.05, 0) is 70.6 Å². The van der Waals surface area contributed by atoms with E-state index in [1.165, 1.54) is 7.11 Å². The fourth-order valence-corrected chi connectivity index (χ4v) is 6.12. The number of ether oxygens (including phenoxy) is 6. The van der Waals surface area contributed by atoms with Crippen molar-refractivity contribution in [1.82, 2.24) is 0 Å². The Kier molecular flexibility index (Phi) is 9.52. The molecule has 1 heterocycles. The topological polar surface area (TPSA) is 102 Å². The van der Waals surface area contributed by atoms with Crippen molar-refractivity contribution in [3.8, 4) is 23.0 Å². The molecule has 0 aromatic heterocycles. The van der Waals surface area contributed by atoms with Crippen LogP contribution in [0.3, 0.4) is 0 Å². The van der Waals surface area contributed by atoms with Gasteiger partial charge in [-0.1, -0.05) is 6.07 Å². The lowest BCUT2D eigenvalue weighted by Crippen LogP contribution is -2.38. The van der Waals surface area contributed by atoms with E-state index in [1.807, 2.05) is 24.3 Å². The van der Waals surface area contributed by atoms with Crippen molar-refractivity contribution in [1.29, 1.82) is 0 Å². The molecule has 9 nitrogen and oxygen atoms in total. The van der Waals surface area contributed by atoms with Crippen LogP contribution < -0.4 is 18.9 Å². The number of aliphatic imine (C=N–C) groups is 1. The van der Waals surface area contributed by atoms with Gasteiger partial charge in [0.05, 0.1) is 39.5 Å². The normalized spacial score (nSPS) is 20.4. The Morgan fingerprint density at radius 3 is 2.25 bits per heavy atom. The van der Waals surface area contributed by atoms with E-state index in [-0.39, 0.29) is 31.3 Å². The highest BCUT2D eigenvalue weighted by Gasteiger charge is 2.45. The second kappa shape index (κ2) is 12.9. The number of esters is 1. The van der Waals surface area contributed by atoms with E-state index < -0.39 is 17.8 Å². The predicted molar refractivity (Wildman–Crippen MR) is 153 cm³/mol. The number of benzene rings is 2. The van der Waals surface area contributed by atoms with Gasteiger partial charge in [-0.15, -0.1) is 0 Å². The highest BCUT2D eigenvalue weighted by atomic mass is 79.9. The van der Waals surface area contributed by atoms with Gasteiger partial charge in [0.25, 0.3) is 0 Å². The van der Waals surface area contributed by atoms with Crippen LogP contribution in [0.25, 0.3) is 0 Å². The van der Waals surface area contributed by atoms with E-state index in [2.05, 4.69) is 15.9 Å². The first-order chi connectivity index (χ1) is 19.3. The van der Waals surface area contributed by atoms with Crippen molar-refractivity contribution in [2.24, 2.45) is 10.9 Å². The minimum Gasteiger partial charge on any atom is -0.493 e. The predicted octanol–water partition coefficient (Wildman–Crippen LogP) is 5.25. The van der Waals surface area contributed by atoms with Crippen LogP contribution in [0.15, 0.2) is 51.1 Å². The van der Waals surface area contributed by atoms with Gasteiger partial charge in [0, 0.05) is 36.4 Å². The molecule has 0 fully saturated rings. The Morgan fingerprint density at radius 2 is 1.60 bits per heavy atom. The molecule has 214 valence electrons. The third kappa shape index (κ3) is 5.74. The van der Waals surface area contributed by atoms with Crippen molar-refractivity contribution in [2.75, 3.05) is 48.8 Å². The molecule has 4 rings (SSSR count). The number of carbonyl (C=O) groups excluding carboxylic acids is 2. The summed E-state index contributed by atoms with van der Waals surface area (Å²) >= 11 is 3.57. The molecule has 2 aromatic rings. The number of rotatable bonds is 10. The first-order valence-electron chi connectivity index (χ1n) is 12.9. The molecule has 0 amide bonds. The number of hydrogen-bond donors (Lipinski definition) is 0. The highest BCUT2D eigenvalue weighted by Crippen LogP contribution is 2.49. The van der Waals surface area contributed by atoms with Crippen LogP contribution >= 0.6 is 15.9 Å². The van der Waals surface area contributed by atoms with Crippen molar-refractivity contribution in [2.45, 2.75) is 31.6 Å². The van der Waals surface area contributed by atoms with Crippen LogP contribution in [0.1, 0.15) is 42.7 Å². The molecule has 1 aliphatic heterocycles. The van der Waals surface area contributed by atoms with Crippen molar-refractivity contribution < 1.29 is 38.0 Å². The Bertz CT molecular complexity index is 1350. The number of halogens is 1. The summed E-state index contributed by atoms with van der Waals surface area (Å²) < 4.78 is 33.2. The van der Waals surface area contributed by atoms with E-state index in [4.69, 9.17) is 33.4 Å². The molecule has 3 atom stereocenters. The molecule has 2 aliphatic rings. The van der Waals surface area contributed by atoms with Crippen molar-refractivity contribution in [3.63, 3.8) is 0 Å². The maximum atomic E-state index is 13.9. The number of hydrogen-bond acceptors (Lipinski definition) is 9. The molecule has 0 saturated heterocycles. The van der Waals surface area contributed by atoms with E-state index in [0.717, 1.165) is 11.1 Å². The van der Waals surface area contributed by atoms with Gasteiger partial charge in [-0.25, -0.2) is 0 Å². The fourth-order valence-electron chi connectivity index (χ4n) is 5.50. The fraction of sp³-hybridized carbons (Fsp3) is 0.433. The summed E-state index contributed by atoms with van der Waals surface area (Å²) in [6, 6.07) is 9.36. The minimum absolute atomic E-state index is 0.0668. The number of methoxy groups -OCH3 is 5. The summed E-state index contributed by atoms with van der Waals surface area (Å²) in [6.45, 7) is 2.17. The van der Waals surface area contributed by atoms with Gasteiger partial charge in [0.1, 0.15) is 12.5 Å². The number of ketones is 1. The lowest BCUT2D eigenvalue weighted by Gasteiger charge is -2.36. The monoisotopic (exact) mass is 615 g/mol. The smallest absolute Gasteiger partial charge is 0.315 e. The summed E-state index contributed by atoms with van der Waals surface area (Å²) in [5.74, 6) is 0.177. The first kappa shape index (κ1) is 29.6. The summed E-state index contributed by atoms with van der Waals surface area (Å²) in [7, 11) is 7.80. The molecule has 2 aromatic carbocycles. The number of allylic oxidation sites excluding steroid dienone is 2. The lowest BCUT2D eigenvalue weighted by molar-refractivity contribution is -0.147. The van der Waals surface area contributed by atoms with Gasteiger partial charge >= 0.3 is 5.97 Å². The van der Waals surface area contributed by atoms with Crippen LogP contribution in [-0.4, -0.2) is 66.2 Å². The zero-order valence-corrected chi connectivity index (χ0v) is 25.1. The second-order valence-corrected chi connectivity index (χ2v) is 10.5. The second-order valence-electron chi connectivity index (χ2n) is 9.61. The maximum absolute atomic E-state index is 13.9. The Morgan fingerprint density at radius 1 is 0.900 bits per heavy atom. The van der Waals surface area contributed by atoms with E-state index in [9.17, 15) is 9.59 Å². The SMILES string of the molecule is COCCOC(=O)C1C(C)=NC2=C(C(=O)C[C@H](c3ccc(OC)c(OC)c3)C2)[C@H]1c1cc(Br)c(OC)c(OC)c1. The molecule has 0 spiro atoms. The highest BCUT2D eigenvalue weighted by molar-refractivity contribution is 9.10. The van der Waals surface area contributed by atoms with E-state index in [0.29, 0.717) is 50.9 Å². The van der Waals surface area contributed by atoms with Crippen molar-refractivity contribution in [3.05, 3.63) is 57.2 Å². The average molecular weight is 617 g/mol. The molecule has 0 bridgehead atoms. The molecule has 40 heavy (non-hydrogen) atoms. The van der Waals surface area contributed by atoms with Crippen LogP contribution in [0.4, 0.5) is 0 Å². The number of Topliss-reactive ketones (excluding diaryl/α,β-unsaturated/α-hetero) is 1. The average Bonchev–Trinajstić information content (AvgIpc) is 2.95. The van der Waals surface area contributed by atoms with Crippen LogP contribution in [0, 0.1) is 5.92 Å². The zero-order chi connectivity index (χ0) is 29.0. The van der Waals surface area contributed by atoms with Crippen LogP contribution in [0.2, 0.25) is 0 Å². The Labute approximate surface area is 242 Å². The summed E-state index contributed by atoms with van der Waals surface area (Å²) in [6.07, 6.45) is 0.795. The van der Waals surface area contributed by atoms with E-state index in [1.54, 1.807) is 41.4 Å². The standard InChI is InChI=1S/C30H34BrNO8/c1-16-26(30(34)40-10-9-35-2)27(19-11-20(31)29(39-6)25(15-19)38-5)28-21(32-16)12-18(13-22(28)33)17-7-8-23(36-3)24(14-17)37-4/h7-8,11,14-15,18,26-27H,9-10,12-13H2,1-6H3/t18-,26?,27+/m1/s1. The molecule has 0 radical (unpaired) electrons. The van der Waals surface area contributed by atoms with Gasteiger partial charge in [-0.3, -0.25) is 14.6 Å². The summed E-state index contributed by atoms with van der Waals surface area (Å²) in [5.41, 5.74) is 3.45. The van der Waals surface area contributed by atoms with Crippen LogP contribution in [-0.2, 0) is 19.1 Å². The molecular weight excluding hydrogens is 582 g/mol. The van der Waals surface area contributed by atoms with Gasteiger partial charge < -0.3 is 28.4 Å². The quantitative estimate of drug-likeness (QED) is 0.264. The Balaban J connectivity index is 1.81. The molecule has 1 aliphatic carbocycles. The third-order valence-electron chi connectivity index (χ3n) is 7.37. The summed E-state index contributed by atoms with van der Waals surface area (Å²) in [5, 5.41) is 0. The first-order valence-corrected chi connectivity index (χ1v) is 13.7. The van der Waals surface area contributed by atoms with Crippen LogP contribution in [0.5, 0.6) is 23.0 Å². The third-order valence-corrected chi connectivity index (χ3v) is 7.96. The molecule has 0 saturated carbocycles. The van der Waals surface area contributed by atoms with Gasteiger partial charge in [0.15, 0.2) is 28.8 Å². The number of carbonyl (C=O) groups is 2. The summed E-state index contributed by atoms with van der Waals surface area (Å²) in [4.78, 5) is 32.2.